The Morgan fingerprint density at radius 1 is 0.690 bits per heavy atom. The summed E-state index contributed by atoms with van der Waals surface area (Å²) in [5.41, 5.74) is 2.57. The molecule has 0 spiro atoms. The maximum absolute atomic E-state index is 13.2. The minimum atomic E-state index is -0.0866. The third-order valence-corrected chi connectivity index (χ3v) is 5.54. The number of aromatic nitrogens is 2. The van der Waals surface area contributed by atoms with Crippen LogP contribution in [0.15, 0.2) is 58.1 Å². The third-order valence-electron chi connectivity index (χ3n) is 5.54. The van der Waals surface area contributed by atoms with Crippen molar-refractivity contribution >= 4 is 43.6 Å². The fraction of sp³-hybridized carbons (Fsp3) is 0.130. The lowest BCUT2D eigenvalue weighted by molar-refractivity contribution is 0.415. The Kier molecular flexibility index (Phi) is 3.64. The zero-order valence-corrected chi connectivity index (χ0v) is 16.2. The quantitative estimate of drug-likeness (QED) is 0.470. The highest BCUT2D eigenvalue weighted by Crippen LogP contribution is 2.26. The number of ether oxygens (including phenoxy) is 2. The number of hydrogen-bond donors (Lipinski definition) is 1. The predicted octanol–water partition coefficient (Wildman–Crippen LogP) is 3.70. The fourth-order valence-corrected chi connectivity index (χ4v) is 3.96. The third kappa shape index (κ3) is 2.42. The number of pyridine rings is 2. The van der Waals surface area contributed by atoms with Crippen LogP contribution in [0.1, 0.15) is 0 Å². The standard InChI is InChI=1S/C23H18N2O4/c1-25-20-9-13(29-3)5-7-15(20)23(27)17-10-19-16(11-21(17)25)22(26)14-6-4-12(28-2)8-18(14)24-19/h4-11H,1-3H3,(H,24,26). The highest BCUT2D eigenvalue weighted by molar-refractivity contribution is 6.03. The van der Waals surface area contributed by atoms with Crippen molar-refractivity contribution in [1.29, 1.82) is 0 Å². The molecular weight excluding hydrogens is 368 g/mol. The van der Waals surface area contributed by atoms with Gasteiger partial charge in [-0.2, -0.15) is 0 Å². The van der Waals surface area contributed by atoms with Gasteiger partial charge in [0, 0.05) is 40.7 Å². The lowest BCUT2D eigenvalue weighted by atomic mass is 10.0. The molecule has 144 valence electrons. The number of benzene rings is 3. The van der Waals surface area contributed by atoms with Crippen LogP contribution in [0.5, 0.6) is 11.5 Å². The van der Waals surface area contributed by atoms with Crippen LogP contribution >= 0.6 is 0 Å². The van der Waals surface area contributed by atoms with Crippen molar-refractivity contribution < 1.29 is 9.47 Å². The Labute approximate surface area is 164 Å². The van der Waals surface area contributed by atoms with Gasteiger partial charge in [0.1, 0.15) is 11.5 Å². The molecule has 0 aliphatic rings. The van der Waals surface area contributed by atoms with E-state index < -0.39 is 0 Å². The van der Waals surface area contributed by atoms with Gasteiger partial charge in [0.15, 0.2) is 10.9 Å². The molecule has 0 atom stereocenters. The molecule has 3 aromatic carbocycles. The van der Waals surface area contributed by atoms with Crippen molar-refractivity contribution in [2.45, 2.75) is 0 Å². The van der Waals surface area contributed by atoms with E-state index in [4.69, 9.17) is 9.47 Å². The highest BCUT2D eigenvalue weighted by atomic mass is 16.5. The van der Waals surface area contributed by atoms with Crippen LogP contribution in [0.4, 0.5) is 0 Å². The van der Waals surface area contributed by atoms with E-state index in [1.807, 2.05) is 17.7 Å². The Bertz CT molecular complexity index is 1580. The van der Waals surface area contributed by atoms with Crippen molar-refractivity contribution in [2.24, 2.45) is 7.05 Å². The number of aromatic amines is 1. The molecule has 6 nitrogen and oxygen atoms in total. The molecular formula is C23H18N2O4. The smallest absolute Gasteiger partial charge is 0.197 e. The minimum Gasteiger partial charge on any atom is -0.497 e. The first-order valence-electron chi connectivity index (χ1n) is 9.16. The molecule has 29 heavy (non-hydrogen) atoms. The summed E-state index contributed by atoms with van der Waals surface area (Å²) in [5, 5.41) is 2.26. The summed E-state index contributed by atoms with van der Waals surface area (Å²) in [5.74, 6) is 1.33. The number of aryl methyl sites for hydroxylation is 1. The second-order valence-corrected chi connectivity index (χ2v) is 7.05. The monoisotopic (exact) mass is 386 g/mol. The van der Waals surface area contributed by atoms with Crippen molar-refractivity contribution in [3.05, 3.63) is 69.0 Å². The lowest BCUT2D eigenvalue weighted by Crippen LogP contribution is -2.11. The summed E-state index contributed by atoms with van der Waals surface area (Å²) < 4.78 is 12.5. The van der Waals surface area contributed by atoms with E-state index in [1.165, 1.54) is 0 Å². The molecule has 0 amide bonds. The topological polar surface area (TPSA) is 73.3 Å². The van der Waals surface area contributed by atoms with Crippen molar-refractivity contribution in [3.8, 4) is 11.5 Å². The second kappa shape index (κ2) is 6.10. The van der Waals surface area contributed by atoms with Crippen molar-refractivity contribution in [2.75, 3.05) is 14.2 Å². The number of fused-ring (bicyclic) bond motifs is 4. The number of nitrogens with one attached hydrogen (secondary N) is 1. The van der Waals surface area contributed by atoms with Crippen molar-refractivity contribution in [3.63, 3.8) is 0 Å². The number of H-pyrrole nitrogens is 1. The molecule has 2 heterocycles. The fourth-order valence-electron chi connectivity index (χ4n) is 3.96. The van der Waals surface area contributed by atoms with Crippen LogP contribution in [0, 0.1) is 0 Å². The lowest BCUT2D eigenvalue weighted by Gasteiger charge is -2.13. The Morgan fingerprint density at radius 2 is 1.28 bits per heavy atom. The first-order valence-corrected chi connectivity index (χ1v) is 9.16. The van der Waals surface area contributed by atoms with Crippen LogP contribution < -0.4 is 20.3 Å². The largest absolute Gasteiger partial charge is 0.497 e. The Morgan fingerprint density at radius 3 is 2.00 bits per heavy atom. The van der Waals surface area contributed by atoms with Gasteiger partial charge in [-0.3, -0.25) is 9.59 Å². The summed E-state index contributed by atoms with van der Waals surface area (Å²) in [7, 11) is 5.06. The van der Waals surface area contributed by atoms with Gasteiger partial charge >= 0.3 is 0 Å². The molecule has 5 rings (SSSR count). The molecule has 2 aromatic heterocycles. The molecule has 0 saturated carbocycles. The SMILES string of the molecule is COc1ccc2c(=O)c3cc4c(cc3[nH]c2c1)c(=O)c1ccc(OC)cc1n4C. The molecule has 0 saturated heterocycles. The van der Waals surface area contributed by atoms with Gasteiger partial charge in [0.05, 0.1) is 36.3 Å². The molecule has 0 radical (unpaired) electrons. The summed E-state index contributed by atoms with van der Waals surface area (Å²) in [6, 6.07) is 14.2. The van der Waals surface area contributed by atoms with Crippen LogP contribution in [0.25, 0.3) is 43.6 Å². The first-order chi connectivity index (χ1) is 14.0. The number of methoxy groups -OCH3 is 2. The number of rotatable bonds is 2. The Balaban J connectivity index is 1.96. The van der Waals surface area contributed by atoms with E-state index in [9.17, 15) is 9.59 Å². The molecule has 5 aromatic rings. The average molecular weight is 386 g/mol. The summed E-state index contributed by atoms with van der Waals surface area (Å²) in [4.78, 5) is 29.6. The van der Waals surface area contributed by atoms with Gasteiger partial charge in [-0.25, -0.2) is 0 Å². The highest BCUT2D eigenvalue weighted by Gasteiger charge is 2.14. The first kappa shape index (κ1) is 17.3. The molecule has 1 N–H and O–H groups in total. The summed E-state index contributed by atoms with van der Waals surface area (Å²) >= 11 is 0. The normalized spacial score (nSPS) is 11.6. The van der Waals surface area contributed by atoms with E-state index in [0.717, 1.165) is 5.52 Å². The van der Waals surface area contributed by atoms with Gasteiger partial charge in [-0.1, -0.05) is 0 Å². The molecule has 0 bridgehead atoms. The van der Waals surface area contributed by atoms with Crippen LogP contribution in [0.3, 0.4) is 0 Å². The molecule has 0 aliphatic carbocycles. The predicted molar refractivity (Wildman–Crippen MR) is 115 cm³/mol. The van der Waals surface area contributed by atoms with E-state index in [2.05, 4.69) is 4.98 Å². The zero-order chi connectivity index (χ0) is 20.3. The zero-order valence-electron chi connectivity index (χ0n) is 16.2. The van der Waals surface area contributed by atoms with E-state index >= 15 is 0 Å². The van der Waals surface area contributed by atoms with Gasteiger partial charge < -0.3 is 19.0 Å². The van der Waals surface area contributed by atoms with E-state index in [0.29, 0.717) is 49.6 Å². The van der Waals surface area contributed by atoms with E-state index in [-0.39, 0.29) is 10.9 Å². The van der Waals surface area contributed by atoms with Gasteiger partial charge in [-0.15, -0.1) is 0 Å². The number of nitrogens with zero attached hydrogens (tertiary/aromatic N) is 1. The maximum Gasteiger partial charge on any atom is 0.197 e. The van der Waals surface area contributed by atoms with Crippen LogP contribution in [-0.4, -0.2) is 23.8 Å². The second-order valence-electron chi connectivity index (χ2n) is 7.05. The van der Waals surface area contributed by atoms with Gasteiger partial charge in [0.2, 0.25) is 0 Å². The molecule has 0 unspecified atom stereocenters. The Hall–Kier alpha value is -3.80. The summed E-state index contributed by atoms with van der Waals surface area (Å²) in [6.07, 6.45) is 0. The van der Waals surface area contributed by atoms with Crippen LogP contribution in [0.2, 0.25) is 0 Å². The maximum atomic E-state index is 13.2. The van der Waals surface area contributed by atoms with Crippen LogP contribution in [-0.2, 0) is 7.05 Å². The molecule has 6 heteroatoms. The van der Waals surface area contributed by atoms with Gasteiger partial charge in [-0.05, 0) is 36.4 Å². The van der Waals surface area contributed by atoms with E-state index in [1.54, 1.807) is 56.7 Å². The summed E-state index contributed by atoms with van der Waals surface area (Å²) in [6.45, 7) is 0. The van der Waals surface area contributed by atoms with Crippen molar-refractivity contribution in [1.82, 2.24) is 9.55 Å². The van der Waals surface area contributed by atoms with Gasteiger partial charge in [0.25, 0.3) is 0 Å². The minimum absolute atomic E-state index is 0.0794. The average Bonchev–Trinajstić information content (AvgIpc) is 2.76. The number of hydrogen-bond acceptors (Lipinski definition) is 4. The molecule has 0 fully saturated rings. The molecule has 0 aliphatic heterocycles.